The molecular weight excluding hydrogens is 193 g/mol. The third-order valence-corrected chi connectivity index (χ3v) is 3.54. The van der Waals surface area contributed by atoms with Crippen LogP contribution in [0.3, 0.4) is 0 Å². The number of anilines is 1. The van der Waals surface area contributed by atoms with E-state index in [2.05, 4.69) is 18.9 Å². The fraction of sp³-hybridized carbons (Fsp3) is 0.727. The van der Waals surface area contributed by atoms with Crippen LogP contribution in [0.4, 0.5) is 10.2 Å². The predicted octanol–water partition coefficient (Wildman–Crippen LogP) is 2.12. The average molecular weight is 211 g/mol. The lowest BCUT2D eigenvalue weighted by Crippen LogP contribution is -1.98. The van der Waals surface area contributed by atoms with Crippen molar-refractivity contribution in [2.24, 2.45) is 18.4 Å². The van der Waals surface area contributed by atoms with Crippen LogP contribution in [0.1, 0.15) is 32.4 Å². The van der Waals surface area contributed by atoms with Crippen molar-refractivity contribution < 1.29 is 4.39 Å². The molecule has 1 fully saturated rings. The quantitative estimate of drug-likeness (QED) is 0.832. The molecule has 0 radical (unpaired) electrons. The van der Waals surface area contributed by atoms with E-state index in [0.717, 1.165) is 12.3 Å². The summed E-state index contributed by atoms with van der Waals surface area (Å²) in [5.41, 5.74) is 6.47. The number of nitrogen functional groups attached to an aromatic ring is 1. The molecule has 3 nitrogen and oxygen atoms in total. The van der Waals surface area contributed by atoms with E-state index in [-0.39, 0.29) is 11.6 Å². The predicted molar refractivity (Wildman–Crippen MR) is 57.8 cm³/mol. The highest BCUT2D eigenvalue weighted by atomic mass is 19.1. The Hall–Kier alpha value is -1.06. The molecule has 1 aromatic heterocycles. The number of aromatic nitrogens is 2. The molecule has 0 spiro atoms. The zero-order valence-electron chi connectivity index (χ0n) is 9.55. The summed E-state index contributed by atoms with van der Waals surface area (Å²) >= 11 is 0. The van der Waals surface area contributed by atoms with Gasteiger partial charge in [0.1, 0.15) is 5.69 Å². The Morgan fingerprint density at radius 1 is 1.60 bits per heavy atom. The first-order valence-corrected chi connectivity index (χ1v) is 5.38. The summed E-state index contributed by atoms with van der Waals surface area (Å²) in [4.78, 5) is 0. The highest BCUT2D eigenvalue weighted by Crippen LogP contribution is 2.53. The minimum Gasteiger partial charge on any atom is -0.381 e. The molecule has 15 heavy (non-hydrogen) atoms. The van der Waals surface area contributed by atoms with Gasteiger partial charge in [0.25, 0.3) is 0 Å². The summed E-state index contributed by atoms with van der Waals surface area (Å²) in [6, 6.07) is 0. The smallest absolute Gasteiger partial charge is 0.188 e. The van der Waals surface area contributed by atoms with Gasteiger partial charge >= 0.3 is 0 Å². The Morgan fingerprint density at radius 3 is 2.60 bits per heavy atom. The Balaban J connectivity index is 1.97. The lowest BCUT2D eigenvalue weighted by atomic mass is 10.1. The fourth-order valence-electron chi connectivity index (χ4n) is 2.11. The number of rotatable bonds is 3. The molecule has 1 saturated carbocycles. The molecule has 0 amide bonds. The van der Waals surface area contributed by atoms with E-state index in [1.165, 1.54) is 11.1 Å². The molecule has 2 N–H and O–H groups in total. The van der Waals surface area contributed by atoms with Gasteiger partial charge in [0.05, 0.1) is 0 Å². The van der Waals surface area contributed by atoms with Crippen molar-refractivity contribution in [1.29, 1.82) is 0 Å². The molecule has 1 unspecified atom stereocenters. The van der Waals surface area contributed by atoms with Crippen molar-refractivity contribution in [3.63, 3.8) is 0 Å². The van der Waals surface area contributed by atoms with Gasteiger partial charge in [-0.25, -0.2) is 4.39 Å². The summed E-state index contributed by atoms with van der Waals surface area (Å²) in [6.45, 7) is 4.50. The van der Waals surface area contributed by atoms with Crippen LogP contribution < -0.4 is 5.73 Å². The van der Waals surface area contributed by atoms with E-state index in [1.807, 2.05) is 0 Å². The van der Waals surface area contributed by atoms with Crippen LogP contribution in [0.5, 0.6) is 0 Å². The standard InChI is InChI=1S/C11H18FN3/c1-11(2)6-7(11)4-5-8-9(12)10(13)15(3)14-8/h7H,4-6,13H2,1-3H3. The topological polar surface area (TPSA) is 43.8 Å². The first-order valence-electron chi connectivity index (χ1n) is 5.38. The maximum atomic E-state index is 13.5. The summed E-state index contributed by atoms with van der Waals surface area (Å²) in [5, 5.41) is 4.07. The number of hydrogen-bond donors (Lipinski definition) is 1. The highest BCUT2D eigenvalue weighted by Gasteiger charge is 2.44. The lowest BCUT2D eigenvalue weighted by Gasteiger charge is -2.01. The van der Waals surface area contributed by atoms with Crippen molar-refractivity contribution in [3.05, 3.63) is 11.5 Å². The van der Waals surface area contributed by atoms with Crippen molar-refractivity contribution in [2.45, 2.75) is 33.1 Å². The van der Waals surface area contributed by atoms with Crippen molar-refractivity contribution in [1.82, 2.24) is 9.78 Å². The van der Waals surface area contributed by atoms with E-state index < -0.39 is 0 Å². The van der Waals surface area contributed by atoms with E-state index in [1.54, 1.807) is 7.05 Å². The normalized spacial score (nSPS) is 23.1. The molecule has 0 aliphatic heterocycles. The molecule has 0 aromatic carbocycles. The van der Waals surface area contributed by atoms with Crippen molar-refractivity contribution in [2.75, 3.05) is 5.73 Å². The van der Waals surface area contributed by atoms with Gasteiger partial charge in [0.15, 0.2) is 11.6 Å². The Morgan fingerprint density at radius 2 is 2.20 bits per heavy atom. The van der Waals surface area contributed by atoms with Crippen LogP contribution in [0, 0.1) is 17.2 Å². The van der Waals surface area contributed by atoms with Gasteiger partial charge in [-0.3, -0.25) is 4.68 Å². The fourth-order valence-corrected chi connectivity index (χ4v) is 2.11. The average Bonchev–Trinajstić information content (AvgIpc) is 2.70. The van der Waals surface area contributed by atoms with E-state index in [9.17, 15) is 4.39 Å². The molecule has 1 atom stereocenters. The molecule has 1 heterocycles. The summed E-state index contributed by atoms with van der Waals surface area (Å²) in [5.74, 6) is 0.524. The second kappa shape index (κ2) is 3.22. The minimum atomic E-state index is -0.337. The number of nitrogens with zero attached hydrogens (tertiary/aromatic N) is 2. The summed E-state index contributed by atoms with van der Waals surface area (Å²) in [6.07, 6.45) is 2.96. The molecular formula is C11H18FN3. The Bertz CT molecular complexity index is 381. The van der Waals surface area contributed by atoms with Crippen LogP contribution in [0.15, 0.2) is 0 Å². The van der Waals surface area contributed by atoms with E-state index in [0.29, 0.717) is 17.5 Å². The maximum absolute atomic E-state index is 13.5. The highest BCUT2D eigenvalue weighted by molar-refractivity contribution is 5.33. The summed E-state index contributed by atoms with van der Waals surface area (Å²) < 4.78 is 14.9. The first-order chi connectivity index (χ1) is 6.92. The van der Waals surface area contributed by atoms with Gasteiger partial charge in [0.2, 0.25) is 0 Å². The largest absolute Gasteiger partial charge is 0.381 e. The van der Waals surface area contributed by atoms with Gasteiger partial charge in [0, 0.05) is 7.05 Å². The van der Waals surface area contributed by atoms with Crippen LogP contribution in [-0.4, -0.2) is 9.78 Å². The minimum absolute atomic E-state index is 0.139. The molecule has 1 aliphatic rings. The lowest BCUT2D eigenvalue weighted by molar-refractivity contribution is 0.521. The maximum Gasteiger partial charge on any atom is 0.188 e. The van der Waals surface area contributed by atoms with Crippen molar-refractivity contribution >= 4 is 5.82 Å². The van der Waals surface area contributed by atoms with E-state index >= 15 is 0 Å². The monoisotopic (exact) mass is 211 g/mol. The third kappa shape index (κ3) is 1.85. The molecule has 1 aliphatic carbocycles. The van der Waals surface area contributed by atoms with E-state index in [4.69, 9.17) is 5.73 Å². The van der Waals surface area contributed by atoms with Gasteiger partial charge < -0.3 is 5.73 Å². The molecule has 84 valence electrons. The third-order valence-electron chi connectivity index (χ3n) is 3.54. The number of aryl methyl sites for hydroxylation is 2. The SMILES string of the molecule is Cn1nc(CCC2CC2(C)C)c(F)c1N. The Kier molecular flexibility index (Phi) is 2.24. The second-order valence-electron chi connectivity index (χ2n) is 5.20. The number of halogens is 1. The zero-order valence-corrected chi connectivity index (χ0v) is 9.55. The summed E-state index contributed by atoms with van der Waals surface area (Å²) in [7, 11) is 1.67. The molecule has 1 aromatic rings. The van der Waals surface area contributed by atoms with Gasteiger partial charge in [-0.1, -0.05) is 13.8 Å². The van der Waals surface area contributed by atoms with Gasteiger partial charge in [-0.2, -0.15) is 5.10 Å². The van der Waals surface area contributed by atoms with Gasteiger partial charge in [-0.15, -0.1) is 0 Å². The molecule has 4 heteroatoms. The van der Waals surface area contributed by atoms with Gasteiger partial charge in [-0.05, 0) is 30.6 Å². The van der Waals surface area contributed by atoms with Crippen LogP contribution >= 0.6 is 0 Å². The molecule has 0 bridgehead atoms. The second-order valence-corrected chi connectivity index (χ2v) is 5.20. The van der Waals surface area contributed by atoms with Crippen molar-refractivity contribution in [3.8, 4) is 0 Å². The Labute approximate surface area is 89.5 Å². The van der Waals surface area contributed by atoms with Crippen LogP contribution in [0.25, 0.3) is 0 Å². The molecule has 2 rings (SSSR count). The number of nitrogens with two attached hydrogens (primary N) is 1. The van der Waals surface area contributed by atoms with Crippen LogP contribution in [-0.2, 0) is 13.5 Å². The zero-order chi connectivity index (χ0) is 11.2. The first kappa shape index (κ1) is 10.5. The molecule has 0 saturated heterocycles. The van der Waals surface area contributed by atoms with Crippen LogP contribution in [0.2, 0.25) is 0 Å². The number of hydrogen-bond acceptors (Lipinski definition) is 2.